The van der Waals surface area contributed by atoms with Crippen LogP contribution in [0, 0.1) is 0 Å². The molecular formula is C18H23ClN2O. The number of carbonyl (C=O) groups is 1. The highest BCUT2D eigenvalue weighted by Gasteiger charge is 2.20. The fraction of sp³-hybridized carbons (Fsp3) is 0.389. The summed E-state index contributed by atoms with van der Waals surface area (Å²) in [4.78, 5) is 14.2. The summed E-state index contributed by atoms with van der Waals surface area (Å²) in [7, 11) is 1.90. The molecule has 2 aromatic rings. The molecule has 1 aliphatic heterocycles. The zero-order chi connectivity index (χ0) is 14.7. The van der Waals surface area contributed by atoms with Crippen molar-refractivity contribution in [2.75, 3.05) is 13.6 Å². The molecule has 1 saturated heterocycles. The summed E-state index contributed by atoms with van der Waals surface area (Å²) < 4.78 is 0. The molecule has 0 aliphatic carbocycles. The van der Waals surface area contributed by atoms with Crippen molar-refractivity contribution in [2.24, 2.45) is 0 Å². The van der Waals surface area contributed by atoms with Crippen molar-refractivity contribution in [3.05, 3.63) is 48.0 Å². The molecule has 1 heterocycles. The Morgan fingerprint density at radius 1 is 1.23 bits per heavy atom. The van der Waals surface area contributed by atoms with E-state index in [0.29, 0.717) is 19.0 Å². The molecule has 1 fully saturated rings. The van der Waals surface area contributed by atoms with Gasteiger partial charge in [-0.2, -0.15) is 0 Å². The molecule has 4 heteroatoms. The summed E-state index contributed by atoms with van der Waals surface area (Å²) in [5.74, 6) is 0.224. The predicted molar refractivity (Wildman–Crippen MR) is 93.3 cm³/mol. The summed E-state index contributed by atoms with van der Waals surface area (Å²) in [5, 5.41) is 5.85. The van der Waals surface area contributed by atoms with Crippen LogP contribution in [0.25, 0.3) is 10.8 Å². The highest BCUT2D eigenvalue weighted by Crippen LogP contribution is 2.20. The molecule has 22 heavy (non-hydrogen) atoms. The van der Waals surface area contributed by atoms with E-state index in [4.69, 9.17) is 0 Å². The van der Waals surface area contributed by atoms with Gasteiger partial charge in [-0.25, -0.2) is 0 Å². The van der Waals surface area contributed by atoms with Crippen molar-refractivity contribution in [1.82, 2.24) is 10.2 Å². The van der Waals surface area contributed by atoms with Crippen LogP contribution in [0.5, 0.6) is 0 Å². The zero-order valence-electron chi connectivity index (χ0n) is 12.9. The van der Waals surface area contributed by atoms with Crippen molar-refractivity contribution in [2.45, 2.75) is 31.8 Å². The molecule has 0 spiro atoms. The molecule has 1 aliphatic rings. The van der Waals surface area contributed by atoms with Gasteiger partial charge in [-0.05, 0) is 35.7 Å². The van der Waals surface area contributed by atoms with Crippen molar-refractivity contribution < 1.29 is 4.79 Å². The van der Waals surface area contributed by atoms with Crippen LogP contribution in [-0.4, -0.2) is 30.4 Å². The third-order valence-corrected chi connectivity index (χ3v) is 4.30. The van der Waals surface area contributed by atoms with Crippen LogP contribution < -0.4 is 5.32 Å². The number of nitrogens with zero attached hydrogens (tertiary/aromatic N) is 1. The lowest BCUT2D eigenvalue weighted by atomic mass is 10.0. The van der Waals surface area contributed by atoms with Crippen LogP contribution in [-0.2, 0) is 11.3 Å². The molecule has 1 unspecified atom stereocenters. The number of fused-ring (bicyclic) bond motifs is 1. The highest BCUT2D eigenvalue weighted by molar-refractivity contribution is 5.86. The average molecular weight is 319 g/mol. The minimum absolute atomic E-state index is 0. The Balaban J connectivity index is 0.00000176. The second-order valence-electron chi connectivity index (χ2n) is 5.89. The Bertz CT molecular complexity index is 633. The van der Waals surface area contributed by atoms with E-state index < -0.39 is 0 Å². The molecule has 2 aromatic carbocycles. The topological polar surface area (TPSA) is 32.3 Å². The number of hydrogen-bond acceptors (Lipinski definition) is 2. The number of benzene rings is 2. The fourth-order valence-corrected chi connectivity index (χ4v) is 3.07. The fourth-order valence-electron chi connectivity index (χ4n) is 3.07. The first kappa shape index (κ1) is 16.8. The Kier molecular flexibility index (Phi) is 5.81. The van der Waals surface area contributed by atoms with Crippen LogP contribution in [0.4, 0.5) is 0 Å². The maximum absolute atomic E-state index is 12.3. The largest absolute Gasteiger partial charge is 0.341 e. The number of hydrogen-bond donors (Lipinski definition) is 1. The minimum Gasteiger partial charge on any atom is -0.341 e. The van der Waals surface area contributed by atoms with Gasteiger partial charge in [0.05, 0.1) is 0 Å². The summed E-state index contributed by atoms with van der Waals surface area (Å²) in [6.07, 6.45) is 2.92. The summed E-state index contributed by atoms with van der Waals surface area (Å²) in [6, 6.07) is 15.0. The molecule has 0 radical (unpaired) electrons. The monoisotopic (exact) mass is 318 g/mol. The summed E-state index contributed by atoms with van der Waals surface area (Å²) in [5.41, 5.74) is 1.21. The molecule has 1 atom stereocenters. The van der Waals surface area contributed by atoms with E-state index in [0.717, 1.165) is 13.0 Å². The van der Waals surface area contributed by atoms with Crippen LogP contribution in [0.2, 0.25) is 0 Å². The van der Waals surface area contributed by atoms with Gasteiger partial charge < -0.3 is 10.2 Å². The third-order valence-electron chi connectivity index (χ3n) is 4.30. The Hall–Kier alpha value is -1.58. The number of halogens is 1. The lowest BCUT2D eigenvalue weighted by molar-refractivity contribution is -0.130. The van der Waals surface area contributed by atoms with Crippen molar-refractivity contribution in [3.63, 3.8) is 0 Å². The first-order valence-electron chi connectivity index (χ1n) is 7.68. The molecule has 0 aromatic heterocycles. The second kappa shape index (κ2) is 7.61. The molecular weight excluding hydrogens is 296 g/mol. The van der Waals surface area contributed by atoms with Crippen molar-refractivity contribution >= 4 is 29.1 Å². The normalized spacial score (nSPS) is 17.2. The van der Waals surface area contributed by atoms with Gasteiger partial charge in [0.1, 0.15) is 0 Å². The smallest absolute Gasteiger partial charge is 0.224 e. The van der Waals surface area contributed by atoms with E-state index in [-0.39, 0.29) is 18.3 Å². The lowest BCUT2D eigenvalue weighted by Crippen LogP contribution is -2.33. The number of carbonyl (C=O) groups excluding carboxylic acids is 1. The summed E-state index contributed by atoms with van der Waals surface area (Å²) >= 11 is 0. The van der Waals surface area contributed by atoms with Gasteiger partial charge in [0.25, 0.3) is 0 Å². The Labute approximate surface area is 138 Å². The SMILES string of the molecule is CN(Cc1cccc2ccccc12)C(=O)CC1CCCN1.Cl. The minimum atomic E-state index is 0. The van der Waals surface area contributed by atoms with Crippen LogP contribution >= 0.6 is 12.4 Å². The maximum Gasteiger partial charge on any atom is 0.224 e. The van der Waals surface area contributed by atoms with Gasteiger partial charge in [-0.15, -0.1) is 12.4 Å². The third kappa shape index (κ3) is 3.79. The van der Waals surface area contributed by atoms with Gasteiger partial charge in [0, 0.05) is 26.1 Å². The molecule has 118 valence electrons. The Morgan fingerprint density at radius 2 is 2.00 bits per heavy atom. The maximum atomic E-state index is 12.3. The standard InChI is InChI=1S/C18H22N2O.ClH/c1-20(18(21)12-16-9-5-11-19-16)13-15-8-4-7-14-6-2-3-10-17(14)15;/h2-4,6-8,10,16,19H,5,9,11-13H2,1H3;1H. The van der Waals surface area contributed by atoms with E-state index in [1.54, 1.807) is 0 Å². The van der Waals surface area contributed by atoms with E-state index in [1.165, 1.54) is 22.8 Å². The van der Waals surface area contributed by atoms with Gasteiger partial charge in [0.2, 0.25) is 5.91 Å². The quantitative estimate of drug-likeness (QED) is 0.937. The second-order valence-corrected chi connectivity index (χ2v) is 5.89. The molecule has 1 N–H and O–H groups in total. The zero-order valence-corrected chi connectivity index (χ0v) is 13.7. The van der Waals surface area contributed by atoms with Gasteiger partial charge in [-0.1, -0.05) is 42.5 Å². The molecule has 1 amide bonds. The van der Waals surface area contributed by atoms with Crippen LogP contribution in [0.15, 0.2) is 42.5 Å². The van der Waals surface area contributed by atoms with Crippen LogP contribution in [0.3, 0.4) is 0 Å². The molecule has 0 saturated carbocycles. The van der Waals surface area contributed by atoms with Gasteiger partial charge >= 0.3 is 0 Å². The van der Waals surface area contributed by atoms with E-state index >= 15 is 0 Å². The number of amides is 1. The number of rotatable bonds is 4. The van der Waals surface area contributed by atoms with E-state index in [2.05, 4.69) is 41.7 Å². The van der Waals surface area contributed by atoms with Crippen LogP contribution in [0.1, 0.15) is 24.8 Å². The average Bonchev–Trinajstić information content (AvgIpc) is 3.00. The predicted octanol–water partition coefficient (Wildman–Crippen LogP) is 3.36. The van der Waals surface area contributed by atoms with E-state index in [1.807, 2.05) is 18.0 Å². The first-order chi connectivity index (χ1) is 10.2. The molecule has 0 bridgehead atoms. The van der Waals surface area contributed by atoms with Crippen molar-refractivity contribution in [3.8, 4) is 0 Å². The Morgan fingerprint density at radius 3 is 2.77 bits per heavy atom. The van der Waals surface area contributed by atoms with E-state index in [9.17, 15) is 4.79 Å². The van der Waals surface area contributed by atoms with Crippen molar-refractivity contribution in [1.29, 1.82) is 0 Å². The van der Waals surface area contributed by atoms with Gasteiger partial charge in [-0.3, -0.25) is 4.79 Å². The lowest BCUT2D eigenvalue weighted by Gasteiger charge is -2.20. The molecule has 3 nitrogen and oxygen atoms in total. The number of nitrogens with one attached hydrogen (secondary N) is 1. The summed E-state index contributed by atoms with van der Waals surface area (Å²) in [6.45, 7) is 1.72. The first-order valence-corrected chi connectivity index (χ1v) is 7.68. The molecule has 3 rings (SSSR count). The van der Waals surface area contributed by atoms with Gasteiger partial charge in [0.15, 0.2) is 0 Å². The highest BCUT2D eigenvalue weighted by atomic mass is 35.5.